The first-order chi connectivity index (χ1) is 10.5. The number of carbonyl (C=O) groups excluding carboxylic acids is 1. The molecule has 5 nitrogen and oxygen atoms in total. The van der Waals surface area contributed by atoms with Gasteiger partial charge in [-0.2, -0.15) is 0 Å². The van der Waals surface area contributed by atoms with Gasteiger partial charge in [0.2, 0.25) is 0 Å². The largest absolute Gasteiger partial charge is 0.339 e. The number of benzene rings is 1. The number of amides is 1. The van der Waals surface area contributed by atoms with Crippen molar-refractivity contribution >= 4 is 33.0 Å². The molecule has 0 aliphatic rings. The van der Waals surface area contributed by atoms with Gasteiger partial charge in [-0.1, -0.05) is 12.1 Å². The lowest BCUT2D eigenvalue weighted by Gasteiger charge is -2.19. The average Bonchev–Trinajstić information content (AvgIpc) is 3.03. The van der Waals surface area contributed by atoms with Crippen LogP contribution in [-0.2, 0) is 10.0 Å². The highest BCUT2D eigenvalue weighted by Crippen LogP contribution is 2.21. The second-order valence-corrected chi connectivity index (χ2v) is 7.45. The van der Waals surface area contributed by atoms with E-state index >= 15 is 0 Å². The summed E-state index contributed by atoms with van der Waals surface area (Å²) in [5.41, 5.74) is 0.849. The van der Waals surface area contributed by atoms with Crippen molar-refractivity contribution in [3.63, 3.8) is 0 Å². The number of hydrogen-bond acceptors (Lipinski definition) is 4. The summed E-state index contributed by atoms with van der Waals surface area (Å²) in [6.45, 7) is 5.04. The van der Waals surface area contributed by atoms with Crippen molar-refractivity contribution < 1.29 is 13.2 Å². The molecule has 0 atom stereocenters. The van der Waals surface area contributed by atoms with E-state index in [9.17, 15) is 13.2 Å². The second-order valence-electron chi connectivity index (χ2n) is 4.60. The van der Waals surface area contributed by atoms with E-state index in [1.54, 1.807) is 40.6 Å². The Balaban J connectivity index is 2.24. The maximum absolute atomic E-state index is 12.3. The molecule has 1 amide bonds. The molecule has 0 saturated carbocycles. The van der Waals surface area contributed by atoms with E-state index < -0.39 is 10.0 Å². The van der Waals surface area contributed by atoms with Gasteiger partial charge in [0.1, 0.15) is 4.21 Å². The molecule has 0 bridgehead atoms. The molecule has 0 radical (unpaired) electrons. The van der Waals surface area contributed by atoms with Gasteiger partial charge in [-0.05, 0) is 43.5 Å². The van der Waals surface area contributed by atoms with Crippen molar-refractivity contribution in [1.29, 1.82) is 0 Å². The Morgan fingerprint density at radius 3 is 2.50 bits per heavy atom. The molecule has 1 heterocycles. The predicted molar refractivity (Wildman–Crippen MR) is 88.8 cm³/mol. The first kappa shape index (κ1) is 16.5. The molecule has 7 heteroatoms. The molecule has 1 aromatic carbocycles. The van der Waals surface area contributed by atoms with Gasteiger partial charge in [0.25, 0.3) is 15.9 Å². The van der Waals surface area contributed by atoms with Gasteiger partial charge in [-0.25, -0.2) is 8.42 Å². The zero-order chi connectivity index (χ0) is 16.2. The Morgan fingerprint density at radius 2 is 1.91 bits per heavy atom. The third kappa shape index (κ3) is 3.66. The first-order valence-corrected chi connectivity index (χ1v) is 9.30. The summed E-state index contributed by atoms with van der Waals surface area (Å²) in [6, 6.07) is 9.76. The molecule has 0 aliphatic heterocycles. The van der Waals surface area contributed by atoms with Crippen molar-refractivity contribution in [3.8, 4) is 0 Å². The summed E-state index contributed by atoms with van der Waals surface area (Å²) in [7, 11) is -3.60. The van der Waals surface area contributed by atoms with Crippen LogP contribution in [-0.4, -0.2) is 32.3 Å². The van der Waals surface area contributed by atoms with Crippen LogP contribution in [0.3, 0.4) is 0 Å². The number of hydrogen-bond donors (Lipinski definition) is 1. The lowest BCUT2D eigenvalue weighted by atomic mass is 10.2. The molecule has 2 rings (SSSR count). The number of rotatable bonds is 6. The summed E-state index contributed by atoms with van der Waals surface area (Å²) in [5.74, 6) is -0.109. The van der Waals surface area contributed by atoms with Crippen LogP contribution in [0, 0.1) is 0 Å². The van der Waals surface area contributed by atoms with Crippen LogP contribution in [0.2, 0.25) is 0 Å². The van der Waals surface area contributed by atoms with Gasteiger partial charge in [0, 0.05) is 24.3 Å². The van der Waals surface area contributed by atoms with Crippen molar-refractivity contribution in [2.45, 2.75) is 18.1 Å². The van der Waals surface area contributed by atoms with Gasteiger partial charge in [-0.3, -0.25) is 9.52 Å². The van der Waals surface area contributed by atoms with Crippen molar-refractivity contribution in [3.05, 3.63) is 47.3 Å². The highest BCUT2D eigenvalue weighted by atomic mass is 32.2. The van der Waals surface area contributed by atoms with E-state index in [1.165, 1.54) is 6.07 Å². The van der Waals surface area contributed by atoms with Crippen molar-refractivity contribution in [2.75, 3.05) is 17.8 Å². The number of nitrogens with zero attached hydrogens (tertiary/aromatic N) is 1. The normalized spacial score (nSPS) is 11.2. The maximum Gasteiger partial charge on any atom is 0.271 e. The number of carbonyl (C=O) groups is 1. The van der Waals surface area contributed by atoms with E-state index in [2.05, 4.69) is 4.72 Å². The monoisotopic (exact) mass is 338 g/mol. The van der Waals surface area contributed by atoms with Crippen LogP contribution in [0.4, 0.5) is 5.69 Å². The third-order valence-electron chi connectivity index (χ3n) is 3.17. The highest BCUT2D eigenvalue weighted by Gasteiger charge is 2.17. The second kappa shape index (κ2) is 6.93. The SMILES string of the molecule is CCN(CC)C(=O)c1cccc(NS(=O)(=O)c2cccs2)c1. The molecule has 22 heavy (non-hydrogen) atoms. The Morgan fingerprint density at radius 1 is 1.18 bits per heavy atom. The van der Waals surface area contributed by atoms with Crippen molar-refractivity contribution in [2.24, 2.45) is 0 Å². The van der Waals surface area contributed by atoms with Gasteiger partial charge in [-0.15, -0.1) is 11.3 Å². The Labute approximate surface area is 134 Å². The Hall–Kier alpha value is -1.86. The Kier molecular flexibility index (Phi) is 5.20. The molecule has 0 unspecified atom stereocenters. The molecule has 118 valence electrons. The van der Waals surface area contributed by atoms with Crippen LogP contribution in [0.1, 0.15) is 24.2 Å². The van der Waals surface area contributed by atoms with Gasteiger partial charge < -0.3 is 4.90 Å². The number of nitrogens with one attached hydrogen (secondary N) is 1. The van der Waals surface area contributed by atoms with Crippen LogP contribution in [0.5, 0.6) is 0 Å². The summed E-state index contributed by atoms with van der Waals surface area (Å²) < 4.78 is 27.1. The van der Waals surface area contributed by atoms with Gasteiger partial charge in [0.05, 0.1) is 0 Å². The van der Waals surface area contributed by atoms with E-state index in [0.717, 1.165) is 11.3 Å². The summed E-state index contributed by atoms with van der Waals surface area (Å²) in [6.07, 6.45) is 0. The van der Waals surface area contributed by atoms with E-state index in [1.807, 2.05) is 13.8 Å². The minimum atomic E-state index is -3.60. The van der Waals surface area contributed by atoms with Crippen LogP contribution in [0.15, 0.2) is 46.0 Å². The molecule has 0 fully saturated rings. The molecule has 0 spiro atoms. The number of thiophene rings is 1. The number of sulfonamides is 1. The average molecular weight is 338 g/mol. The fourth-order valence-electron chi connectivity index (χ4n) is 2.03. The molecule has 0 aliphatic carbocycles. The van der Waals surface area contributed by atoms with E-state index in [4.69, 9.17) is 0 Å². The predicted octanol–water partition coefficient (Wildman–Crippen LogP) is 3.03. The van der Waals surface area contributed by atoms with E-state index in [0.29, 0.717) is 24.3 Å². The molecule has 0 saturated heterocycles. The standard InChI is InChI=1S/C15H18N2O3S2/c1-3-17(4-2)15(18)12-7-5-8-13(11-12)16-22(19,20)14-9-6-10-21-14/h5-11,16H,3-4H2,1-2H3. The van der Waals surface area contributed by atoms with Crippen LogP contribution in [0.25, 0.3) is 0 Å². The minimum Gasteiger partial charge on any atom is -0.339 e. The highest BCUT2D eigenvalue weighted by molar-refractivity contribution is 7.94. The lowest BCUT2D eigenvalue weighted by molar-refractivity contribution is 0.0773. The first-order valence-electron chi connectivity index (χ1n) is 6.93. The van der Waals surface area contributed by atoms with Crippen LogP contribution >= 0.6 is 11.3 Å². The smallest absolute Gasteiger partial charge is 0.271 e. The van der Waals surface area contributed by atoms with Crippen molar-refractivity contribution in [1.82, 2.24) is 4.90 Å². The minimum absolute atomic E-state index is 0.109. The van der Waals surface area contributed by atoms with Gasteiger partial charge >= 0.3 is 0 Å². The summed E-state index contributed by atoms with van der Waals surface area (Å²) in [4.78, 5) is 14.0. The maximum atomic E-state index is 12.3. The quantitative estimate of drug-likeness (QED) is 0.880. The van der Waals surface area contributed by atoms with E-state index in [-0.39, 0.29) is 10.1 Å². The Bertz CT molecular complexity index is 736. The zero-order valence-corrected chi connectivity index (χ0v) is 14.1. The van der Waals surface area contributed by atoms with Crippen LogP contribution < -0.4 is 4.72 Å². The third-order valence-corrected chi connectivity index (χ3v) is 5.95. The molecule has 1 N–H and O–H groups in total. The fraction of sp³-hybridized carbons (Fsp3) is 0.267. The molecule has 2 aromatic rings. The number of anilines is 1. The fourth-order valence-corrected chi connectivity index (χ4v) is 4.07. The van der Waals surface area contributed by atoms with Gasteiger partial charge in [0.15, 0.2) is 0 Å². The summed E-state index contributed by atoms with van der Waals surface area (Å²) >= 11 is 1.15. The molecule has 1 aromatic heterocycles. The molecular formula is C15H18N2O3S2. The lowest BCUT2D eigenvalue weighted by Crippen LogP contribution is -2.30. The molecular weight excluding hydrogens is 320 g/mol. The summed E-state index contributed by atoms with van der Waals surface area (Å²) in [5, 5.41) is 1.70. The topological polar surface area (TPSA) is 66.5 Å². The zero-order valence-electron chi connectivity index (χ0n) is 12.4.